The van der Waals surface area contributed by atoms with Crippen molar-refractivity contribution in [1.29, 1.82) is 0 Å². The first kappa shape index (κ1) is 27.6. The molecule has 11 heteroatoms. The zero-order chi connectivity index (χ0) is 28.6. The normalized spacial score (nSPS) is 19.4. The summed E-state index contributed by atoms with van der Waals surface area (Å²) in [5, 5.41) is 27.7. The fourth-order valence-electron chi connectivity index (χ4n) is 5.54. The summed E-state index contributed by atoms with van der Waals surface area (Å²) in [5.41, 5.74) is 2.01. The number of carbonyl (C=O) groups is 2. The molecule has 4 N–H and O–H groups in total. The van der Waals surface area contributed by atoms with Crippen molar-refractivity contribution in [2.24, 2.45) is 0 Å². The number of hydrogen-bond donors (Lipinski definition) is 4. The molecule has 3 heterocycles. The van der Waals surface area contributed by atoms with Crippen molar-refractivity contribution in [1.82, 2.24) is 20.2 Å². The SMILES string of the molecule is O=C(NC(c1ccccc1)C1(O)CC1)C(CO)N1Cc2ccc(-c3nc(NC4CCOCC4)ncc3Cl)cc2C1=O. The van der Waals surface area contributed by atoms with Crippen LogP contribution in [0.4, 0.5) is 5.95 Å². The topological polar surface area (TPSA) is 137 Å². The number of aliphatic hydroxyl groups is 2. The second-order valence-corrected chi connectivity index (χ2v) is 11.3. The van der Waals surface area contributed by atoms with Crippen LogP contribution in [0.3, 0.4) is 0 Å². The van der Waals surface area contributed by atoms with Gasteiger partial charge in [0.25, 0.3) is 5.91 Å². The molecule has 3 aliphatic rings. The molecule has 6 rings (SSSR count). The maximum Gasteiger partial charge on any atom is 0.255 e. The standard InChI is InChI=1S/C30H32ClN5O5/c31-23-15-32-29(33-21-8-12-41-13-9-21)34-25(23)19-6-7-20-16-36(28(39)22(20)14-19)24(17-37)27(38)35-26(30(40)10-11-30)18-4-2-1-3-5-18/h1-7,14-15,21,24,26,37,40H,8-13,16-17H2,(H,35,38)(H,32,33,34). The van der Waals surface area contributed by atoms with Crippen molar-refractivity contribution in [3.8, 4) is 11.3 Å². The Hall–Kier alpha value is -3.57. The number of carbonyl (C=O) groups excluding carboxylic acids is 2. The maximum absolute atomic E-state index is 13.6. The molecule has 2 amide bonds. The van der Waals surface area contributed by atoms with Gasteiger partial charge in [0.05, 0.1) is 35.2 Å². The van der Waals surface area contributed by atoms with Crippen LogP contribution < -0.4 is 10.6 Å². The summed E-state index contributed by atoms with van der Waals surface area (Å²) < 4.78 is 5.42. The van der Waals surface area contributed by atoms with Crippen molar-refractivity contribution in [2.45, 2.75) is 56.0 Å². The van der Waals surface area contributed by atoms with Crippen LogP contribution in [-0.2, 0) is 16.1 Å². The molecular weight excluding hydrogens is 546 g/mol. The van der Waals surface area contributed by atoms with E-state index in [1.165, 1.54) is 11.1 Å². The summed E-state index contributed by atoms with van der Waals surface area (Å²) in [6, 6.07) is 13.1. The monoisotopic (exact) mass is 577 g/mol. The minimum Gasteiger partial charge on any atom is -0.394 e. The summed E-state index contributed by atoms with van der Waals surface area (Å²) in [6.07, 6.45) is 4.37. The van der Waals surface area contributed by atoms with E-state index >= 15 is 0 Å². The van der Waals surface area contributed by atoms with Gasteiger partial charge in [-0.15, -0.1) is 0 Å². The molecule has 0 radical (unpaired) electrons. The van der Waals surface area contributed by atoms with Crippen molar-refractivity contribution >= 4 is 29.4 Å². The Bertz CT molecular complexity index is 1440. The number of halogens is 1. The van der Waals surface area contributed by atoms with Gasteiger partial charge in [-0.05, 0) is 42.9 Å². The van der Waals surface area contributed by atoms with Gasteiger partial charge < -0.3 is 30.5 Å². The number of amides is 2. The Morgan fingerprint density at radius 1 is 1.17 bits per heavy atom. The third-order valence-corrected chi connectivity index (χ3v) is 8.36. The largest absolute Gasteiger partial charge is 0.394 e. The molecule has 214 valence electrons. The minimum atomic E-state index is -1.12. The summed E-state index contributed by atoms with van der Waals surface area (Å²) >= 11 is 6.47. The van der Waals surface area contributed by atoms with Crippen LogP contribution in [-0.4, -0.2) is 74.4 Å². The summed E-state index contributed by atoms with van der Waals surface area (Å²) in [7, 11) is 0. The van der Waals surface area contributed by atoms with Gasteiger partial charge in [0, 0.05) is 36.9 Å². The van der Waals surface area contributed by atoms with Crippen molar-refractivity contribution < 1.29 is 24.5 Å². The van der Waals surface area contributed by atoms with Crippen LogP contribution in [0.25, 0.3) is 11.3 Å². The number of nitrogens with zero attached hydrogens (tertiary/aromatic N) is 3. The van der Waals surface area contributed by atoms with E-state index in [0.717, 1.165) is 24.0 Å². The van der Waals surface area contributed by atoms with Crippen molar-refractivity contribution in [3.05, 3.63) is 76.4 Å². The van der Waals surface area contributed by atoms with Crippen molar-refractivity contribution in [3.63, 3.8) is 0 Å². The second kappa shape index (κ2) is 11.4. The lowest BCUT2D eigenvalue weighted by atomic mass is 9.99. The summed E-state index contributed by atoms with van der Waals surface area (Å²) in [5.74, 6) is -0.444. The first-order valence-electron chi connectivity index (χ1n) is 13.9. The number of hydrogen-bond acceptors (Lipinski definition) is 8. The fourth-order valence-corrected chi connectivity index (χ4v) is 5.74. The van der Waals surface area contributed by atoms with E-state index in [1.54, 1.807) is 6.07 Å². The first-order valence-corrected chi connectivity index (χ1v) is 14.2. The number of ether oxygens (including phenoxy) is 1. The van der Waals surface area contributed by atoms with E-state index in [-0.39, 0.29) is 18.5 Å². The van der Waals surface area contributed by atoms with Crippen LogP contribution in [0.2, 0.25) is 5.02 Å². The van der Waals surface area contributed by atoms with Crippen LogP contribution in [0.15, 0.2) is 54.7 Å². The van der Waals surface area contributed by atoms with Crippen LogP contribution in [0.5, 0.6) is 0 Å². The molecule has 1 saturated carbocycles. The second-order valence-electron chi connectivity index (χ2n) is 10.9. The first-order chi connectivity index (χ1) is 19.9. The van der Waals surface area contributed by atoms with Gasteiger partial charge in [-0.2, -0.15) is 0 Å². The molecule has 2 aliphatic heterocycles. The Morgan fingerprint density at radius 2 is 1.93 bits per heavy atom. The molecular formula is C30H32ClN5O5. The van der Waals surface area contributed by atoms with Gasteiger partial charge in [-0.1, -0.05) is 54.1 Å². The number of anilines is 1. The highest BCUT2D eigenvalue weighted by Gasteiger charge is 2.50. The van der Waals surface area contributed by atoms with E-state index in [9.17, 15) is 19.8 Å². The average molecular weight is 578 g/mol. The third-order valence-electron chi connectivity index (χ3n) is 8.08. The van der Waals surface area contributed by atoms with Gasteiger partial charge in [0.1, 0.15) is 6.04 Å². The number of aromatic nitrogens is 2. The van der Waals surface area contributed by atoms with E-state index in [0.29, 0.717) is 53.8 Å². The number of fused-ring (bicyclic) bond motifs is 1. The molecule has 2 unspecified atom stereocenters. The Kier molecular flexibility index (Phi) is 7.65. The number of rotatable bonds is 9. The molecule has 2 aromatic carbocycles. The summed E-state index contributed by atoms with van der Waals surface area (Å²) in [6.45, 7) is 0.975. The Balaban J connectivity index is 1.20. The lowest BCUT2D eigenvalue weighted by Gasteiger charge is -2.30. The molecule has 2 fully saturated rings. The smallest absolute Gasteiger partial charge is 0.255 e. The highest BCUT2D eigenvalue weighted by Crippen LogP contribution is 2.46. The van der Waals surface area contributed by atoms with Gasteiger partial charge in [0.15, 0.2) is 0 Å². The zero-order valence-electron chi connectivity index (χ0n) is 22.4. The van der Waals surface area contributed by atoms with E-state index in [1.807, 2.05) is 42.5 Å². The number of nitrogens with one attached hydrogen (secondary N) is 2. The van der Waals surface area contributed by atoms with E-state index in [2.05, 4.69) is 20.6 Å². The molecule has 2 atom stereocenters. The average Bonchev–Trinajstić information content (AvgIpc) is 3.67. The van der Waals surface area contributed by atoms with Crippen LogP contribution >= 0.6 is 11.6 Å². The lowest BCUT2D eigenvalue weighted by molar-refractivity contribution is -0.129. The molecule has 0 spiro atoms. The Labute approximate surface area is 242 Å². The number of benzene rings is 2. The van der Waals surface area contributed by atoms with E-state index < -0.39 is 30.2 Å². The van der Waals surface area contributed by atoms with Gasteiger partial charge in [-0.3, -0.25) is 9.59 Å². The molecule has 1 saturated heterocycles. The van der Waals surface area contributed by atoms with Gasteiger partial charge in [0.2, 0.25) is 11.9 Å². The molecule has 41 heavy (non-hydrogen) atoms. The van der Waals surface area contributed by atoms with Gasteiger partial charge in [-0.25, -0.2) is 9.97 Å². The predicted molar refractivity (Wildman–Crippen MR) is 152 cm³/mol. The Morgan fingerprint density at radius 3 is 2.63 bits per heavy atom. The highest BCUT2D eigenvalue weighted by molar-refractivity contribution is 6.33. The molecule has 3 aromatic rings. The lowest BCUT2D eigenvalue weighted by Crippen LogP contribution is -2.51. The quantitative estimate of drug-likeness (QED) is 0.304. The summed E-state index contributed by atoms with van der Waals surface area (Å²) in [4.78, 5) is 37.3. The fraction of sp³-hybridized carbons (Fsp3) is 0.400. The van der Waals surface area contributed by atoms with Crippen LogP contribution in [0, 0.1) is 0 Å². The minimum absolute atomic E-state index is 0.168. The molecule has 1 aliphatic carbocycles. The molecule has 0 bridgehead atoms. The van der Waals surface area contributed by atoms with E-state index in [4.69, 9.17) is 16.3 Å². The molecule has 1 aromatic heterocycles. The van der Waals surface area contributed by atoms with Crippen LogP contribution in [0.1, 0.15) is 53.2 Å². The van der Waals surface area contributed by atoms with Gasteiger partial charge >= 0.3 is 0 Å². The zero-order valence-corrected chi connectivity index (χ0v) is 23.2. The highest BCUT2D eigenvalue weighted by atomic mass is 35.5. The maximum atomic E-state index is 13.6. The third kappa shape index (κ3) is 5.65. The number of aliphatic hydroxyl groups excluding tert-OH is 1. The van der Waals surface area contributed by atoms with Crippen molar-refractivity contribution in [2.75, 3.05) is 25.1 Å². The predicted octanol–water partition coefficient (Wildman–Crippen LogP) is 3.09. The molecule has 10 nitrogen and oxygen atoms in total.